The van der Waals surface area contributed by atoms with Gasteiger partial charge in [0.1, 0.15) is 17.0 Å². The van der Waals surface area contributed by atoms with Crippen LogP contribution in [0.1, 0.15) is 21.6 Å². The molecule has 0 spiro atoms. The molecule has 0 fully saturated rings. The van der Waals surface area contributed by atoms with Crippen molar-refractivity contribution in [2.45, 2.75) is 13.8 Å². The molecule has 3 heteroatoms. The van der Waals surface area contributed by atoms with E-state index in [4.69, 9.17) is 0 Å². The average Bonchev–Trinajstić information content (AvgIpc) is 2.77. The highest BCUT2D eigenvalue weighted by atomic mass is 16.1. The Morgan fingerprint density at radius 1 is 1.00 bits per heavy atom. The van der Waals surface area contributed by atoms with Crippen LogP contribution in [0.5, 0.6) is 0 Å². The van der Waals surface area contributed by atoms with Gasteiger partial charge >= 0.3 is 0 Å². The van der Waals surface area contributed by atoms with Crippen molar-refractivity contribution in [1.82, 2.24) is 9.38 Å². The van der Waals surface area contributed by atoms with Crippen molar-refractivity contribution < 1.29 is 4.79 Å². The topological polar surface area (TPSA) is 34.4 Å². The standard InChI is InChI=1S/C16H14N2O/c1-11-3-6-13(7-4-11)16-14(10-19)18-9-12(2)5-8-15(18)17-16/h3-10H,1-2H3. The Bertz CT molecular complexity index is 754. The van der Waals surface area contributed by atoms with E-state index in [1.807, 2.05) is 60.8 Å². The highest BCUT2D eigenvalue weighted by Crippen LogP contribution is 2.24. The number of carbonyl (C=O) groups is 1. The molecule has 3 rings (SSSR count). The summed E-state index contributed by atoms with van der Waals surface area (Å²) in [7, 11) is 0. The van der Waals surface area contributed by atoms with Gasteiger partial charge in [0.15, 0.2) is 6.29 Å². The second kappa shape index (κ2) is 4.35. The lowest BCUT2D eigenvalue weighted by Gasteiger charge is -2.00. The minimum atomic E-state index is 0.600. The number of rotatable bonds is 2. The molecule has 94 valence electrons. The molecule has 2 aromatic heterocycles. The zero-order valence-electron chi connectivity index (χ0n) is 10.9. The molecular weight excluding hydrogens is 236 g/mol. The van der Waals surface area contributed by atoms with Crippen molar-refractivity contribution in [3.63, 3.8) is 0 Å². The SMILES string of the molecule is Cc1ccc(-c2nc3ccc(C)cn3c2C=O)cc1. The predicted octanol–water partition coefficient (Wildman–Crippen LogP) is 3.43. The molecule has 0 bridgehead atoms. The number of pyridine rings is 1. The van der Waals surface area contributed by atoms with Gasteiger partial charge in [-0.25, -0.2) is 4.98 Å². The molecule has 1 aromatic carbocycles. The number of benzene rings is 1. The van der Waals surface area contributed by atoms with Gasteiger partial charge in [-0.05, 0) is 25.5 Å². The summed E-state index contributed by atoms with van der Waals surface area (Å²) < 4.78 is 1.84. The summed E-state index contributed by atoms with van der Waals surface area (Å²) in [4.78, 5) is 15.9. The Kier molecular flexibility index (Phi) is 2.67. The normalized spacial score (nSPS) is 10.8. The summed E-state index contributed by atoms with van der Waals surface area (Å²) in [5.41, 5.74) is 5.39. The molecule has 2 heterocycles. The van der Waals surface area contributed by atoms with Gasteiger partial charge in [0.05, 0.1) is 0 Å². The molecule has 3 aromatic rings. The first-order chi connectivity index (χ1) is 9.19. The number of aryl methyl sites for hydroxylation is 2. The molecule has 0 aliphatic heterocycles. The van der Waals surface area contributed by atoms with Crippen molar-refractivity contribution in [2.24, 2.45) is 0 Å². The van der Waals surface area contributed by atoms with Crippen LogP contribution in [0.25, 0.3) is 16.9 Å². The van der Waals surface area contributed by atoms with Gasteiger partial charge in [-0.1, -0.05) is 35.9 Å². The fraction of sp³-hybridized carbons (Fsp3) is 0.125. The number of aromatic nitrogens is 2. The van der Waals surface area contributed by atoms with Crippen molar-refractivity contribution in [1.29, 1.82) is 0 Å². The second-order valence-electron chi connectivity index (χ2n) is 4.76. The number of hydrogen-bond acceptors (Lipinski definition) is 2. The Morgan fingerprint density at radius 2 is 1.68 bits per heavy atom. The van der Waals surface area contributed by atoms with E-state index in [0.29, 0.717) is 5.69 Å². The fourth-order valence-corrected chi connectivity index (χ4v) is 2.21. The number of fused-ring (bicyclic) bond motifs is 1. The van der Waals surface area contributed by atoms with Gasteiger partial charge in [-0.15, -0.1) is 0 Å². The Balaban J connectivity index is 2.28. The molecule has 0 radical (unpaired) electrons. The van der Waals surface area contributed by atoms with Crippen LogP contribution in [0.3, 0.4) is 0 Å². The van der Waals surface area contributed by atoms with E-state index in [-0.39, 0.29) is 0 Å². The third-order valence-corrected chi connectivity index (χ3v) is 3.24. The molecular formula is C16H14N2O. The van der Waals surface area contributed by atoms with Crippen LogP contribution >= 0.6 is 0 Å². The van der Waals surface area contributed by atoms with E-state index in [9.17, 15) is 4.79 Å². The van der Waals surface area contributed by atoms with Crippen LogP contribution in [0, 0.1) is 13.8 Å². The number of imidazole rings is 1. The maximum absolute atomic E-state index is 11.4. The first-order valence-corrected chi connectivity index (χ1v) is 6.20. The van der Waals surface area contributed by atoms with Crippen molar-refractivity contribution in [3.8, 4) is 11.3 Å². The third-order valence-electron chi connectivity index (χ3n) is 3.24. The highest BCUT2D eigenvalue weighted by Gasteiger charge is 2.13. The quantitative estimate of drug-likeness (QED) is 0.653. The lowest BCUT2D eigenvalue weighted by atomic mass is 10.1. The number of aldehydes is 1. The molecule has 0 aliphatic carbocycles. The molecule has 0 aliphatic rings. The first-order valence-electron chi connectivity index (χ1n) is 6.20. The maximum Gasteiger partial charge on any atom is 0.169 e. The van der Waals surface area contributed by atoms with E-state index in [1.165, 1.54) is 5.56 Å². The second-order valence-corrected chi connectivity index (χ2v) is 4.76. The Morgan fingerprint density at radius 3 is 2.37 bits per heavy atom. The van der Waals surface area contributed by atoms with Crippen molar-refractivity contribution >= 4 is 11.9 Å². The number of hydrogen-bond donors (Lipinski definition) is 0. The molecule has 0 atom stereocenters. The summed E-state index contributed by atoms with van der Waals surface area (Å²) in [6.07, 6.45) is 2.80. The lowest BCUT2D eigenvalue weighted by Crippen LogP contribution is -1.93. The largest absolute Gasteiger partial charge is 0.296 e. The van der Waals surface area contributed by atoms with E-state index >= 15 is 0 Å². The summed E-state index contributed by atoms with van der Waals surface area (Å²) in [6.45, 7) is 4.04. The smallest absolute Gasteiger partial charge is 0.169 e. The predicted molar refractivity (Wildman–Crippen MR) is 75.5 cm³/mol. The van der Waals surface area contributed by atoms with Crippen LogP contribution in [-0.4, -0.2) is 15.7 Å². The third kappa shape index (κ3) is 1.93. The van der Waals surface area contributed by atoms with Gasteiger partial charge in [0.25, 0.3) is 0 Å². The molecule has 0 saturated heterocycles. The Hall–Kier alpha value is -2.42. The van der Waals surface area contributed by atoms with Gasteiger partial charge in [0, 0.05) is 11.8 Å². The monoisotopic (exact) mass is 250 g/mol. The lowest BCUT2D eigenvalue weighted by molar-refractivity contribution is 0.111. The van der Waals surface area contributed by atoms with Crippen LogP contribution in [0.2, 0.25) is 0 Å². The molecule has 19 heavy (non-hydrogen) atoms. The van der Waals surface area contributed by atoms with Gasteiger partial charge in [-0.3, -0.25) is 9.20 Å². The summed E-state index contributed by atoms with van der Waals surface area (Å²) in [5, 5.41) is 0. The fourth-order valence-electron chi connectivity index (χ4n) is 2.21. The molecule has 0 unspecified atom stereocenters. The summed E-state index contributed by atoms with van der Waals surface area (Å²) in [6, 6.07) is 12.0. The Labute approximate surface area is 111 Å². The minimum absolute atomic E-state index is 0.600. The van der Waals surface area contributed by atoms with E-state index < -0.39 is 0 Å². The zero-order valence-corrected chi connectivity index (χ0v) is 10.9. The van der Waals surface area contributed by atoms with Crippen molar-refractivity contribution in [3.05, 3.63) is 59.4 Å². The van der Waals surface area contributed by atoms with Gasteiger partial charge in [0.2, 0.25) is 0 Å². The zero-order chi connectivity index (χ0) is 13.4. The van der Waals surface area contributed by atoms with Crippen LogP contribution < -0.4 is 0 Å². The van der Waals surface area contributed by atoms with E-state index in [1.54, 1.807) is 0 Å². The van der Waals surface area contributed by atoms with E-state index in [2.05, 4.69) is 4.98 Å². The highest BCUT2D eigenvalue weighted by molar-refractivity contribution is 5.86. The molecule has 0 amide bonds. The van der Waals surface area contributed by atoms with E-state index in [0.717, 1.165) is 28.8 Å². The molecule has 3 nitrogen and oxygen atoms in total. The van der Waals surface area contributed by atoms with Crippen LogP contribution in [-0.2, 0) is 0 Å². The minimum Gasteiger partial charge on any atom is -0.296 e. The summed E-state index contributed by atoms with van der Waals surface area (Å²) >= 11 is 0. The van der Waals surface area contributed by atoms with Gasteiger partial charge in [-0.2, -0.15) is 0 Å². The molecule has 0 saturated carbocycles. The number of carbonyl (C=O) groups excluding carboxylic acids is 1. The van der Waals surface area contributed by atoms with Crippen LogP contribution in [0.15, 0.2) is 42.6 Å². The molecule has 0 N–H and O–H groups in total. The first kappa shape index (κ1) is 11.7. The van der Waals surface area contributed by atoms with Gasteiger partial charge < -0.3 is 0 Å². The van der Waals surface area contributed by atoms with Crippen molar-refractivity contribution in [2.75, 3.05) is 0 Å². The summed E-state index contributed by atoms with van der Waals surface area (Å²) in [5.74, 6) is 0. The number of nitrogens with zero attached hydrogens (tertiary/aromatic N) is 2. The average molecular weight is 250 g/mol. The van der Waals surface area contributed by atoms with Crippen LogP contribution in [0.4, 0.5) is 0 Å². The maximum atomic E-state index is 11.4.